The molecule has 17 heteroatoms. The Morgan fingerprint density at radius 2 is 0.825 bits per heavy atom. The number of hydrogen-bond acceptors (Lipinski definition) is 13. The van der Waals surface area contributed by atoms with Crippen molar-refractivity contribution in [2.24, 2.45) is 64.6 Å². The summed E-state index contributed by atoms with van der Waals surface area (Å²) in [5, 5.41) is 4.63. The number of benzene rings is 4. The van der Waals surface area contributed by atoms with Crippen molar-refractivity contribution in [3.05, 3.63) is 186 Å². The number of oxazole rings is 2. The molecular formula is C109H143N9O8. The Balaban J connectivity index is 0.000000139. The van der Waals surface area contributed by atoms with Gasteiger partial charge in [0.2, 0.25) is 17.7 Å². The Morgan fingerprint density at radius 3 is 1.22 bits per heavy atom. The highest BCUT2D eigenvalue weighted by atomic mass is 16.5. The molecule has 0 bridgehead atoms. The first-order valence-electron chi connectivity index (χ1n) is 49.0. The maximum absolute atomic E-state index is 14.3. The molecule has 3 amide bonds. The van der Waals surface area contributed by atoms with E-state index in [0.717, 1.165) is 251 Å². The van der Waals surface area contributed by atoms with Gasteiger partial charge in [-0.05, 0) is 350 Å². The van der Waals surface area contributed by atoms with Crippen LogP contribution in [0.4, 0.5) is 17.1 Å². The summed E-state index contributed by atoms with van der Waals surface area (Å²) in [6, 6.07) is 41.1. The van der Waals surface area contributed by atoms with E-state index >= 15 is 0 Å². The van der Waals surface area contributed by atoms with Crippen LogP contribution in [-0.4, -0.2) is 88.4 Å². The number of rotatable bonds is 26. The maximum atomic E-state index is 14.3. The standard InChI is InChI=1S/C37H49N3O3.C37H49N3O2.C35H45N3O3/c1-24-34(42-5)20-19-32(38-24)26-11-9-25(10-12-26)22-40(36(41)28-15-17-30(18-16-28)37(2,3)4)31-8-6-7-29(21-31)33-23-43-35(39-33)27-13-14-27;1-25(2)28-12-14-30(15-13-28)37(41)39(35-7-5-6-31(21-35)33-22-38-40(24-33)34-17-18-34)23-27-8-10-29(11-9-27)32-16-19-36(42-4)26(3)20-32;1-4-24-8-14-28(15-9-24)35(39)38(30-7-5-6-29(20-30)32-22-41-34(37-32)27-16-17-27)21-25-10-12-26(13-11-25)31-18-19-33(40-3)23(2)36-31/h6-8,19-21,23,25-28,30H,9-18,22H2,1-5H3;5-7,16,19-22,24-25,27-30,34H,8-15,17-18,23H2,1-4H3;5-7,18-20,22,24-28H,4,8-17,21H2,1-3H3. The molecule has 0 N–H and O–H groups in total. The predicted octanol–water partition coefficient (Wildman–Crippen LogP) is 26.5. The molecule has 9 aliphatic rings. The van der Waals surface area contributed by atoms with E-state index in [1.807, 2.05) is 32.2 Å². The van der Waals surface area contributed by atoms with Gasteiger partial charge in [-0.15, -0.1) is 0 Å². The number of aryl methyl sites for hydroxylation is 3. The first-order chi connectivity index (χ1) is 61.1. The van der Waals surface area contributed by atoms with Crippen LogP contribution in [0.15, 0.2) is 149 Å². The van der Waals surface area contributed by atoms with Crippen LogP contribution in [0.25, 0.3) is 33.6 Å². The molecule has 0 unspecified atom stereocenters. The summed E-state index contributed by atoms with van der Waals surface area (Å²) in [4.78, 5) is 68.5. The average Bonchev–Trinajstić information content (AvgIpc) is 1.76. The average molecular weight is 1710 g/mol. The fraction of sp³-hybridized carbons (Fsp3) is 0.578. The van der Waals surface area contributed by atoms with Crippen molar-refractivity contribution in [1.29, 1.82) is 0 Å². The number of anilines is 3. The van der Waals surface area contributed by atoms with Crippen LogP contribution in [0, 0.1) is 85.4 Å². The molecule has 17 nitrogen and oxygen atoms in total. The molecule has 5 heterocycles. The molecule has 0 saturated heterocycles. The van der Waals surface area contributed by atoms with Gasteiger partial charge in [0.25, 0.3) is 0 Å². The minimum atomic E-state index is 0.0959. The van der Waals surface area contributed by atoms with Crippen molar-refractivity contribution < 1.29 is 37.4 Å². The van der Waals surface area contributed by atoms with Crippen LogP contribution in [0.2, 0.25) is 0 Å². The topological polar surface area (TPSA) is 184 Å². The number of aromatic nitrogens is 6. The van der Waals surface area contributed by atoms with Gasteiger partial charge in [0.1, 0.15) is 41.2 Å². The molecule has 126 heavy (non-hydrogen) atoms. The normalized spacial score (nSPS) is 24.5. The van der Waals surface area contributed by atoms with Crippen molar-refractivity contribution in [3.63, 3.8) is 0 Å². The molecule has 5 aromatic heterocycles. The lowest BCUT2D eigenvalue weighted by Gasteiger charge is -2.39. The third-order valence-electron chi connectivity index (χ3n) is 30.9. The van der Waals surface area contributed by atoms with E-state index in [0.29, 0.717) is 88.4 Å². The predicted molar refractivity (Wildman–Crippen MR) is 505 cm³/mol. The van der Waals surface area contributed by atoms with Crippen molar-refractivity contribution in [3.8, 4) is 50.9 Å². The molecule has 672 valence electrons. The second-order valence-corrected chi connectivity index (χ2v) is 41.0. The van der Waals surface area contributed by atoms with Gasteiger partial charge in [-0.3, -0.25) is 29.0 Å². The monoisotopic (exact) mass is 1710 g/mol. The molecule has 0 atom stereocenters. The lowest BCUT2D eigenvalue weighted by Crippen LogP contribution is -2.42. The number of ether oxygens (including phenoxy) is 3. The molecule has 9 saturated carbocycles. The molecule has 9 fully saturated rings. The molecule has 9 aliphatic carbocycles. The maximum Gasteiger partial charge on any atom is 0.230 e. The molecule has 4 aromatic carbocycles. The summed E-state index contributed by atoms with van der Waals surface area (Å²) in [6.07, 6.45) is 42.6. The Labute approximate surface area is 751 Å². The minimum Gasteiger partial charge on any atom is -0.496 e. The van der Waals surface area contributed by atoms with E-state index in [1.165, 1.54) is 93.1 Å². The largest absolute Gasteiger partial charge is 0.496 e. The number of methoxy groups -OCH3 is 3. The summed E-state index contributed by atoms with van der Waals surface area (Å²) in [5.74, 6) is 12.6. The van der Waals surface area contributed by atoms with E-state index < -0.39 is 0 Å². The van der Waals surface area contributed by atoms with E-state index in [2.05, 4.69) is 182 Å². The summed E-state index contributed by atoms with van der Waals surface area (Å²) >= 11 is 0. The highest BCUT2D eigenvalue weighted by Gasteiger charge is 2.40. The van der Waals surface area contributed by atoms with Crippen molar-refractivity contribution >= 4 is 34.8 Å². The molecule has 0 spiro atoms. The summed E-state index contributed by atoms with van der Waals surface area (Å²) in [7, 11) is 5.14. The van der Waals surface area contributed by atoms with E-state index in [1.54, 1.807) is 33.9 Å². The second-order valence-electron chi connectivity index (χ2n) is 41.0. The fourth-order valence-electron chi connectivity index (χ4n) is 22.0. The van der Waals surface area contributed by atoms with Crippen molar-refractivity contribution in [1.82, 2.24) is 29.7 Å². The highest BCUT2D eigenvalue weighted by Crippen LogP contribution is 2.48. The zero-order chi connectivity index (χ0) is 87.7. The van der Waals surface area contributed by atoms with Crippen molar-refractivity contribution in [2.45, 2.75) is 297 Å². The van der Waals surface area contributed by atoms with Gasteiger partial charge in [-0.1, -0.05) is 96.5 Å². The molecule has 9 aromatic rings. The van der Waals surface area contributed by atoms with Crippen LogP contribution >= 0.6 is 0 Å². The number of hydrogen-bond donors (Lipinski definition) is 0. The zero-order valence-electron chi connectivity index (χ0n) is 77.8. The third-order valence-corrected chi connectivity index (χ3v) is 30.9. The van der Waals surface area contributed by atoms with Gasteiger partial charge in [-0.25, -0.2) is 9.97 Å². The van der Waals surface area contributed by atoms with Crippen LogP contribution in [-0.2, 0) is 14.4 Å². The zero-order valence-corrected chi connectivity index (χ0v) is 77.8. The van der Waals surface area contributed by atoms with Gasteiger partial charge < -0.3 is 37.7 Å². The van der Waals surface area contributed by atoms with Gasteiger partial charge in [0.15, 0.2) is 11.8 Å². The SMILES string of the molecule is CCC1CCC(C(=O)N(CC2CCC(c3ccc(OC)c(C)n3)CC2)c2cccc(-c3coc(C4CC4)n3)c2)CC1.COc1ccc(C2CCC(CN(C(=O)C3CCC(C(C)(C)C)CC3)c3cccc(-c4coc(C5CC5)n4)c3)CC2)nc1C.COc1ccc(C2CCC(CN(C(=O)C3CCC(C(C)C)CC3)c3cccc(-c4cnn(C5CC5)c4)c3)CC2)cc1C. The number of amides is 3. The number of pyridine rings is 2. The summed E-state index contributed by atoms with van der Waals surface area (Å²) in [6.45, 7) is 22.5. The lowest BCUT2D eigenvalue weighted by atomic mass is 9.69. The first-order valence-corrected chi connectivity index (χ1v) is 49.0. The molecule has 0 aliphatic heterocycles. The smallest absolute Gasteiger partial charge is 0.230 e. The lowest BCUT2D eigenvalue weighted by molar-refractivity contribution is -0.124. The summed E-state index contributed by atoms with van der Waals surface area (Å²) in [5.41, 5.74) is 16.3. The van der Waals surface area contributed by atoms with E-state index in [9.17, 15) is 14.4 Å². The minimum absolute atomic E-state index is 0.0959. The quantitative estimate of drug-likeness (QED) is 0.0499. The van der Waals surface area contributed by atoms with Crippen LogP contribution in [0.3, 0.4) is 0 Å². The summed E-state index contributed by atoms with van der Waals surface area (Å²) < 4.78 is 30.0. The molecular weight excluding hydrogens is 1560 g/mol. The number of carbonyl (C=O) groups excluding carboxylic acids is 3. The second kappa shape index (κ2) is 40.9. The van der Waals surface area contributed by atoms with Gasteiger partial charge in [0, 0.05) is 112 Å². The van der Waals surface area contributed by atoms with Crippen LogP contribution in [0.5, 0.6) is 17.2 Å². The first kappa shape index (κ1) is 90.0. The fourth-order valence-corrected chi connectivity index (χ4v) is 22.0. The van der Waals surface area contributed by atoms with Crippen LogP contribution in [0.1, 0.15) is 322 Å². The third kappa shape index (κ3) is 22.3. The number of nitrogens with zero attached hydrogens (tertiary/aromatic N) is 9. The van der Waals surface area contributed by atoms with Gasteiger partial charge in [0.05, 0.1) is 45.0 Å². The van der Waals surface area contributed by atoms with Crippen molar-refractivity contribution in [2.75, 3.05) is 55.7 Å². The molecule has 18 rings (SSSR count). The van der Waals surface area contributed by atoms with Gasteiger partial charge in [-0.2, -0.15) is 5.10 Å². The Kier molecular flexibility index (Phi) is 29.2. The van der Waals surface area contributed by atoms with Crippen LogP contribution < -0.4 is 28.9 Å². The molecule has 0 radical (unpaired) electrons. The van der Waals surface area contributed by atoms with E-state index in [-0.39, 0.29) is 17.8 Å². The highest BCUT2D eigenvalue weighted by molar-refractivity contribution is 5.97. The Morgan fingerprint density at radius 1 is 0.429 bits per heavy atom. The Hall–Kier alpha value is -9.38. The van der Waals surface area contributed by atoms with E-state index in [4.69, 9.17) is 43.0 Å². The number of carbonyl (C=O) groups is 3. The van der Waals surface area contributed by atoms with Gasteiger partial charge >= 0.3 is 0 Å². The Bertz CT molecular complexity index is 5090.